The van der Waals surface area contributed by atoms with E-state index in [0.29, 0.717) is 24.2 Å². The second kappa shape index (κ2) is 7.77. The van der Waals surface area contributed by atoms with Crippen molar-refractivity contribution in [1.82, 2.24) is 10.6 Å². The van der Waals surface area contributed by atoms with Gasteiger partial charge in [0.1, 0.15) is 11.9 Å². The molecule has 6 nitrogen and oxygen atoms in total. The number of carbonyl (C=O) groups is 3. The summed E-state index contributed by atoms with van der Waals surface area (Å²) in [5.74, 6) is -1.54. The van der Waals surface area contributed by atoms with Gasteiger partial charge in [0.25, 0.3) is 5.91 Å². The van der Waals surface area contributed by atoms with Crippen molar-refractivity contribution in [2.45, 2.75) is 18.9 Å². The summed E-state index contributed by atoms with van der Waals surface area (Å²) in [5.41, 5.74) is 1.54. The second-order valence-corrected chi connectivity index (χ2v) is 5.99. The zero-order valence-electron chi connectivity index (χ0n) is 13.9. The third-order valence-electron chi connectivity index (χ3n) is 4.07. The normalized spacial score (nSPS) is 16.1. The summed E-state index contributed by atoms with van der Waals surface area (Å²) in [6.45, 7) is 0.310. The van der Waals surface area contributed by atoms with E-state index in [-0.39, 0.29) is 18.1 Å². The summed E-state index contributed by atoms with van der Waals surface area (Å²) in [6.07, 6.45) is 0.298. The van der Waals surface area contributed by atoms with Gasteiger partial charge in [-0.2, -0.15) is 0 Å². The molecule has 0 saturated heterocycles. The Balaban J connectivity index is 1.54. The maximum Gasteiger partial charge on any atom is 0.254 e. The molecule has 3 amide bonds. The fourth-order valence-corrected chi connectivity index (χ4v) is 2.75. The maximum atomic E-state index is 13.1. The minimum Gasteiger partial charge on any atom is -0.356 e. The Hall–Kier alpha value is -3.22. The summed E-state index contributed by atoms with van der Waals surface area (Å²) in [5, 5.41) is 7.90. The molecular formula is C19H18FN3O3. The smallest absolute Gasteiger partial charge is 0.254 e. The van der Waals surface area contributed by atoms with E-state index in [0.717, 1.165) is 5.56 Å². The zero-order valence-corrected chi connectivity index (χ0v) is 13.9. The number of rotatable bonds is 5. The molecule has 3 rings (SSSR count). The number of fused-ring (bicyclic) bond motifs is 1. The maximum absolute atomic E-state index is 13.1. The molecule has 0 saturated carbocycles. The van der Waals surface area contributed by atoms with Gasteiger partial charge in [-0.25, -0.2) is 4.39 Å². The van der Waals surface area contributed by atoms with E-state index < -0.39 is 17.9 Å². The van der Waals surface area contributed by atoms with E-state index in [4.69, 9.17) is 0 Å². The molecule has 26 heavy (non-hydrogen) atoms. The molecule has 0 fully saturated rings. The number of hydrogen-bond donors (Lipinski definition) is 3. The molecule has 1 heterocycles. The Morgan fingerprint density at radius 1 is 1.12 bits per heavy atom. The minimum atomic E-state index is -0.955. The Morgan fingerprint density at radius 3 is 2.73 bits per heavy atom. The van der Waals surface area contributed by atoms with Crippen LogP contribution >= 0.6 is 0 Å². The molecule has 134 valence electrons. The number of halogens is 1. The predicted molar refractivity (Wildman–Crippen MR) is 94.1 cm³/mol. The number of carbonyl (C=O) groups excluding carboxylic acids is 3. The molecule has 1 atom stereocenters. The average molecular weight is 355 g/mol. The van der Waals surface area contributed by atoms with Gasteiger partial charge in [0.05, 0.1) is 17.7 Å². The summed E-state index contributed by atoms with van der Waals surface area (Å²) >= 11 is 0. The number of para-hydroxylation sites is 1. The van der Waals surface area contributed by atoms with Crippen LogP contribution < -0.4 is 16.0 Å². The standard InChI is InChI=1S/C19H18FN3O3/c20-13-5-3-4-12(10-13)8-9-21-17(24)11-16-19(26)22-15-7-2-1-6-14(15)18(25)23-16/h1-7,10,16H,8-9,11H2,(H,21,24)(H,22,26)(H,23,25)/t16-/m0/s1. The van der Waals surface area contributed by atoms with E-state index in [1.54, 1.807) is 36.4 Å². The van der Waals surface area contributed by atoms with Crippen molar-refractivity contribution >= 4 is 23.4 Å². The average Bonchev–Trinajstić information content (AvgIpc) is 2.72. The third-order valence-corrected chi connectivity index (χ3v) is 4.07. The molecule has 1 aliphatic rings. The van der Waals surface area contributed by atoms with E-state index in [1.807, 2.05) is 0 Å². The van der Waals surface area contributed by atoms with Gasteiger partial charge in [0, 0.05) is 6.54 Å². The number of hydrogen-bond acceptors (Lipinski definition) is 3. The van der Waals surface area contributed by atoms with Crippen LogP contribution in [0.4, 0.5) is 10.1 Å². The summed E-state index contributed by atoms with van der Waals surface area (Å²) in [6, 6.07) is 11.8. The van der Waals surface area contributed by atoms with Gasteiger partial charge < -0.3 is 16.0 Å². The lowest BCUT2D eigenvalue weighted by Gasteiger charge is -2.14. The number of benzene rings is 2. The number of amides is 3. The molecule has 1 aliphatic heterocycles. The Bertz CT molecular complexity index is 853. The van der Waals surface area contributed by atoms with Crippen LogP contribution in [0, 0.1) is 5.82 Å². The van der Waals surface area contributed by atoms with E-state index >= 15 is 0 Å². The molecule has 0 aliphatic carbocycles. The molecular weight excluding hydrogens is 337 g/mol. The highest BCUT2D eigenvalue weighted by Crippen LogP contribution is 2.18. The first-order chi connectivity index (χ1) is 12.5. The summed E-state index contributed by atoms with van der Waals surface area (Å²) in [7, 11) is 0. The first-order valence-corrected chi connectivity index (χ1v) is 8.25. The highest BCUT2D eigenvalue weighted by Gasteiger charge is 2.29. The first-order valence-electron chi connectivity index (χ1n) is 8.25. The van der Waals surface area contributed by atoms with Gasteiger partial charge in [-0.05, 0) is 36.2 Å². The van der Waals surface area contributed by atoms with Gasteiger partial charge in [-0.15, -0.1) is 0 Å². The van der Waals surface area contributed by atoms with Gasteiger partial charge in [-0.3, -0.25) is 14.4 Å². The third kappa shape index (κ3) is 4.24. The molecule has 0 radical (unpaired) electrons. The molecule has 7 heteroatoms. The van der Waals surface area contributed by atoms with E-state index in [2.05, 4.69) is 16.0 Å². The Labute approximate surface area is 149 Å². The van der Waals surface area contributed by atoms with Crippen molar-refractivity contribution < 1.29 is 18.8 Å². The lowest BCUT2D eigenvalue weighted by molar-refractivity contribution is -0.125. The highest BCUT2D eigenvalue weighted by atomic mass is 19.1. The van der Waals surface area contributed by atoms with E-state index in [9.17, 15) is 18.8 Å². The van der Waals surface area contributed by atoms with Crippen molar-refractivity contribution in [3.05, 3.63) is 65.5 Å². The monoisotopic (exact) mass is 355 g/mol. The first kappa shape index (κ1) is 17.6. The van der Waals surface area contributed by atoms with Crippen LogP contribution in [-0.2, 0) is 16.0 Å². The van der Waals surface area contributed by atoms with Crippen LogP contribution in [-0.4, -0.2) is 30.3 Å². The molecule has 0 unspecified atom stereocenters. The van der Waals surface area contributed by atoms with Gasteiger partial charge in [-0.1, -0.05) is 24.3 Å². The fraction of sp³-hybridized carbons (Fsp3) is 0.211. The van der Waals surface area contributed by atoms with Crippen LogP contribution in [0.15, 0.2) is 48.5 Å². The Morgan fingerprint density at radius 2 is 1.92 bits per heavy atom. The topological polar surface area (TPSA) is 87.3 Å². The molecule has 2 aromatic rings. The minimum absolute atomic E-state index is 0.172. The van der Waals surface area contributed by atoms with Crippen LogP contribution in [0.25, 0.3) is 0 Å². The molecule has 0 bridgehead atoms. The number of anilines is 1. The summed E-state index contributed by atoms with van der Waals surface area (Å²) in [4.78, 5) is 36.5. The molecule has 2 aromatic carbocycles. The SMILES string of the molecule is O=C(C[C@@H]1NC(=O)c2ccccc2NC1=O)NCCc1cccc(F)c1. The van der Waals surface area contributed by atoms with Crippen molar-refractivity contribution in [2.75, 3.05) is 11.9 Å². The van der Waals surface area contributed by atoms with Crippen molar-refractivity contribution in [1.29, 1.82) is 0 Å². The Kier molecular flexibility index (Phi) is 5.26. The van der Waals surface area contributed by atoms with Crippen LogP contribution in [0.2, 0.25) is 0 Å². The van der Waals surface area contributed by atoms with Crippen molar-refractivity contribution in [3.8, 4) is 0 Å². The quantitative estimate of drug-likeness (QED) is 0.762. The van der Waals surface area contributed by atoms with Gasteiger partial charge in [0.2, 0.25) is 11.8 Å². The van der Waals surface area contributed by atoms with Crippen molar-refractivity contribution in [3.63, 3.8) is 0 Å². The van der Waals surface area contributed by atoms with Crippen LogP contribution in [0.1, 0.15) is 22.3 Å². The summed E-state index contributed by atoms with van der Waals surface area (Å²) < 4.78 is 13.1. The van der Waals surface area contributed by atoms with Crippen LogP contribution in [0.3, 0.4) is 0 Å². The second-order valence-electron chi connectivity index (χ2n) is 5.99. The largest absolute Gasteiger partial charge is 0.356 e. The fourth-order valence-electron chi connectivity index (χ4n) is 2.75. The van der Waals surface area contributed by atoms with Gasteiger partial charge in [0.15, 0.2) is 0 Å². The molecule has 0 spiro atoms. The lowest BCUT2D eigenvalue weighted by Crippen LogP contribution is -2.44. The van der Waals surface area contributed by atoms with E-state index in [1.165, 1.54) is 12.1 Å². The highest BCUT2D eigenvalue weighted by molar-refractivity contribution is 6.10. The van der Waals surface area contributed by atoms with Gasteiger partial charge >= 0.3 is 0 Å². The predicted octanol–water partition coefficient (Wildman–Crippen LogP) is 1.63. The molecule has 0 aromatic heterocycles. The van der Waals surface area contributed by atoms with Crippen molar-refractivity contribution in [2.24, 2.45) is 0 Å². The number of nitrogens with one attached hydrogen (secondary N) is 3. The van der Waals surface area contributed by atoms with Crippen LogP contribution in [0.5, 0.6) is 0 Å². The molecule has 3 N–H and O–H groups in total. The lowest BCUT2D eigenvalue weighted by atomic mass is 10.1. The zero-order chi connectivity index (χ0) is 18.5.